The van der Waals surface area contributed by atoms with Crippen LogP contribution in [0.1, 0.15) is 35.6 Å². The second-order valence-electron chi connectivity index (χ2n) is 3.94. The molecule has 0 amide bonds. The average molecular weight is 258 g/mol. The van der Waals surface area contributed by atoms with E-state index in [4.69, 9.17) is 9.84 Å². The highest BCUT2D eigenvalue weighted by atomic mass is 32.1. The molecule has 0 aliphatic heterocycles. The molecule has 0 saturated heterocycles. The van der Waals surface area contributed by atoms with Crippen LogP contribution in [0.4, 0.5) is 5.13 Å². The van der Waals surface area contributed by atoms with Gasteiger partial charge < -0.3 is 15.2 Å². The summed E-state index contributed by atoms with van der Waals surface area (Å²) in [6.07, 6.45) is 1.12. The number of carboxylic acids is 1. The van der Waals surface area contributed by atoms with Crippen molar-refractivity contribution >= 4 is 22.4 Å². The summed E-state index contributed by atoms with van der Waals surface area (Å²) >= 11 is 1.17. The maximum atomic E-state index is 10.8. The van der Waals surface area contributed by atoms with Gasteiger partial charge in [0.25, 0.3) is 0 Å². The molecule has 0 atom stereocenters. The molecule has 5 nitrogen and oxygen atoms in total. The Bertz CT molecular complexity index is 377. The average Bonchev–Trinajstić information content (AvgIpc) is 2.59. The second-order valence-corrected chi connectivity index (χ2v) is 4.94. The van der Waals surface area contributed by atoms with Gasteiger partial charge in [-0.05, 0) is 27.2 Å². The number of anilines is 1. The van der Waals surface area contributed by atoms with Crippen LogP contribution in [0.15, 0.2) is 0 Å². The van der Waals surface area contributed by atoms with Gasteiger partial charge in [-0.3, -0.25) is 0 Å². The molecule has 1 heterocycles. The highest BCUT2D eigenvalue weighted by Gasteiger charge is 2.13. The lowest BCUT2D eigenvalue weighted by Gasteiger charge is -2.07. The van der Waals surface area contributed by atoms with Crippen molar-refractivity contribution in [3.63, 3.8) is 0 Å². The molecule has 0 aromatic carbocycles. The monoisotopic (exact) mass is 258 g/mol. The van der Waals surface area contributed by atoms with E-state index in [-0.39, 0.29) is 6.10 Å². The van der Waals surface area contributed by atoms with Crippen LogP contribution in [0.5, 0.6) is 0 Å². The summed E-state index contributed by atoms with van der Waals surface area (Å²) in [5, 5.41) is 12.6. The minimum atomic E-state index is -0.920. The van der Waals surface area contributed by atoms with Crippen molar-refractivity contribution in [2.45, 2.75) is 33.3 Å². The molecule has 6 heteroatoms. The molecule has 0 saturated carbocycles. The van der Waals surface area contributed by atoms with Gasteiger partial charge in [-0.25, -0.2) is 9.78 Å². The fourth-order valence-corrected chi connectivity index (χ4v) is 2.09. The number of ether oxygens (including phenoxy) is 1. The van der Waals surface area contributed by atoms with Crippen LogP contribution in [-0.2, 0) is 4.74 Å². The SMILES string of the molecule is Cc1nc(NCCCOC(C)C)sc1C(=O)O. The lowest BCUT2D eigenvalue weighted by atomic mass is 10.4. The number of nitrogens with one attached hydrogen (secondary N) is 1. The number of aromatic carboxylic acids is 1. The highest BCUT2D eigenvalue weighted by Crippen LogP contribution is 2.22. The van der Waals surface area contributed by atoms with Gasteiger partial charge in [-0.1, -0.05) is 11.3 Å². The number of thiazole rings is 1. The standard InChI is InChI=1S/C11H18N2O3S/c1-7(2)16-6-4-5-12-11-13-8(3)9(17-11)10(14)15/h7H,4-6H2,1-3H3,(H,12,13)(H,14,15). The number of nitrogens with zero attached hydrogens (tertiary/aromatic N) is 1. The van der Waals surface area contributed by atoms with E-state index in [0.29, 0.717) is 22.3 Å². The molecule has 0 aliphatic carbocycles. The first-order valence-corrected chi connectivity index (χ1v) is 6.38. The summed E-state index contributed by atoms with van der Waals surface area (Å²) in [6.45, 7) is 7.13. The normalized spacial score (nSPS) is 10.8. The van der Waals surface area contributed by atoms with Crippen molar-refractivity contribution < 1.29 is 14.6 Å². The largest absolute Gasteiger partial charge is 0.477 e. The van der Waals surface area contributed by atoms with Crippen LogP contribution in [0, 0.1) is 6.92 Å². The summed E-state index contributed by atoms with van der Waals surface area (Å²) in [5.74, 6) is -0.920. The minimum absolute atomic E-state index is 0.246. The van der Waals surface area contributed by atoms with Gasteiger partial charge in [0, 0.05) is 13.2 Å². The molecule has 0 radical (unpaired) electrons. The van der Waals surface area contributed by atoms with Gasteiger partial charge in [0.1, 0.15) is 4.88 Å². The van der Waals surface area contributed by atoms with E-state index in [9.17, 15) is 4.79 Å². The van der Waals surface area contributed by atoms with Crippen molar-refractivity contribution in [1.82, 2.24) is 4.98 Å². The third kappa shape index (κ3) is 4.70. The van der Waals surface area contributed by atoms with Crippen LogP contribution in [-0.4, -0.2) is 35.3 Å². The van der Waals surface area contributed by atoms with E-state index < -0.39 is 5.97 Å². The van der Waals surface area contributed by atoms with Crippen molar-refractivity contribution in [3.8, 4) is 0 Å². The van der Waals surface area contributed by atoms with E-state index in [0.717, 1.165) is 13.0 Å². The van der Waals surface area contributed by atoms with E-state index >= 15 is 0 Å². The van der Waals surface area contributed by atoms with Gasteiger partial charge >= 0.3 is 5.97 Å². The van der Waals surface area contributed by atoms with E-state index in [1.165, 1.54) is 11.3 Å². The van der Waals surface area contributed by atoms with Gasteiger partial charge in [-0.2, -0.15) is 0 Å². The van der Waals surface area contributed by atoms with Crippen LogP contribution in [0.25, 0.3) is 0 Å². The molecule has 0 bridgehead atoms. The Morgan fingerprint density at radius 3 is 2.82 bits per heavy atom. The Morgan fingerprint density at radius 2 is 2.29 bits per heavy atom. The van der Waals surface area contributed by atoms with Crippen LogP contribution in [0.3, 0.4) is 0 Å². The maximum Gasteiger partial charge on any atom is 0.347 e. The first-order valence-electron chi connectivity index (χ1n) is 5.57. The summed E-state index contributed by atoms with van der Waals surface area (Å²) in [6, 6.07) is 0. The van der Waals surface area contributed by atoms with Gasteiger partial charge in [-0.15, -0.1) is 0 Å². The molecule has 0 aliphatic rings. The van der Waals surface area contributed by atoms with Crippen LogP contribution in [0.2, 0.25) is 0 Å². The smallest absolute Gasteiger partial charge is 0.347 e. The third-order valence-electron chi connectivity index (χ3n) is 2.04. The first kappa shape index (κ1) is 13.9. The summed E-state index contributed by atoms with van der Waals surface area (Å²) in [4.78, 5) is 15.3. The number of aryl methyl sites for hydroxylation is 1. The zero-order chi connectivity index (χ0) is 12.8. The quantitative estimate of drug-likeness (QED) is 0.735. The zero-order valence-corrected chi connectivity index (χ0v) is 11.1. The summed E-state index contributed by atoms with van der Waals surface area (Å²) in [5.41, 5.74) is 0.559. The molecular formula is C11H18N2O3S. The van der Waals surface area contributed by atoms with Crippen LogP contribution < -0.4 is 5.32 Å². The van der Waals surface area contributed by atoms with Crippen molar-refractivity contribution in [2.75, 3.05) is 18.5 Å². The second kappa shape index (κ2) is 6.56. The Balaban J connectivity index is 2.32. The Hall–Kier alpha value is -1.14. The molecule has 2 N–H and O–H groups in total. The Kier molecular flexibility index (Phi) is 5.37. The molecule has 0 fully saturated rings. The number of hydrogen-bond donors (Lipinski definition) is 2. The van der Waals surface area contributed by atoms with E-state index in [1.807, 2.05) is 13.8 Å². The minimum Gasteiger partial charge on any atom is -0.477 e. The number of hydrogen-bond acceptors (Lipinski definition) is 5. The molecule has 1 aromatic heterocycles. The number of rotatable bonds is 7. The van der Waals surface area contributed by atoms with E-state index in [1.54, 1.807) is 6.92 Å². The van der Waals surface area contributed by atoms with E-state index in [2.05, 4.69) is 10.3 Å². The molecule has 96 valence electrons. The van der Waals surface area contributed by atoms with Crippen molar-refractivity contribution in [3.05, 3.63) is 10.6 Å². The molecule has 1 rings (SSSR count). The fourth-order valence-electron chi connectivity index (χ4n) is 1.26. The predicted molar refractivity (Wildman–Crippen MR) is 68.0 cm³/mol. The summed E-state index contributed by atoms with van der Waals surface area (Å²) < 4.78 is 5.40. The Morgan fingerprint density at radius 1 is 1.59 bits per heavy atom. The first-order chi connectivity index (χ1) is 8.00. The highest BCUT2D eigenvalue weighted by molar-refractivity contribution is 7.17. The third-order valence-corrected chi connectivity index (χ3v) is 3.14. The van der Waals surface area contributed by atoms with Crippen LogP contribution >= 0.6 is 11.3 Å². The molecule has 0 spiro atoms. The predicted octanol–water partition coefficient (Wildman–Crippen LogP) is 2.38. The number of aromatic nitrogens is 1. The summed E-state index contributed by atoms with van der Waals surface area (Å²) in [7, 11) is 0. The Labute approximate surface area is 105 Å². The van der Waals surface area contributed by atoms with Gasteiger partial charge in [0.15, 0.2) is 5.13 Å². The maximum absolute atomic E-state index is 10.8. The molecule has 0 unspecified atom stereocenters. The lowest BCUT2D eigenvalue weighted by molar-refractivity contribution is 0.0701. The van der Waals surface area contributed by atoms with Gasteiger partial charge in [0.2, 0.25) is 0 Å². The number of carbonyl (C=O) groups is 1. The topological polar surface area (TPSA) is 71.5 Å². The fraction of sp³-hybridized carbons (Fsp3) is 0.636. The zero-order valence-electron chi connectivity index (χ0n) is 10.3. The van der Waals surface area contributed by atoms with Crippen molar-refractivity contribution in [1.29, 1.82) is 0 Å². The lowest BCUT2D eigenvalue weighted by Crippen LogP contribution is -2.09. The molecular weight excluding hydrogens is 240 g/mol. The molecule has 1 aromatic rings. The number of carboxylic acid groups (broad SMARTS) is 1. The molecule has 17 heavy (non-hydrogen) atoms. The van der Waals surface area contributed by atoms with Crippen molar-refractivity contribution in [2.24, 2.45) is 0 Å². The van der Waals surface area contributed by atoms with Gasteiger partial charge in [0.05, 0.1) is 11.8 Å².